The van der Waals surface area contributed by atoms with Crippen molar-refractivity contribution < 1.29 is 9.18 Å². The molecular weight excluding hydrogens is 545 g/mol. The molecule has 0 saturated carbocycles. The van der Waals surface area contributed by atoms with Crippen LogP contribution in [0.4, 0.5) is 4.39 Å². The minimum atomic E-state index is -0.448. The molecule has 0 saturated heterocycles. The number of nitrogens with one attached hydrogen (secondary N) is 1. The second-order valence-electron chi connectivity index (χ2n) is 10.2. The summed E-state index contributed by atoms with van der Waals surface area (Å²) >= 11 is 1.29. The molecule has 4 aromatic carbocycles. The minimum Gasteiger partial charge on any atom is -0.355 e. The Bertz CT molecular complexity index is 1640. The molecule has 0 bridgehead atoms. The summed E-state index contributed by atoms with van der Waals surface area (Å²) < 4.78 is 15.2. The van der Waals surface area contributed by atoms with Crippen molar-refractivity contribution in [2.24, 2.45) is 0 Å². The fraction of sp³-hybridized carbons (Fsp3) is 0.229. The summed E-state index contributed by atoms with van der Waals surface area (Å²) in [5.74, 6) is -0.319. The zero-order valence-corrected chi connectivity index (χ0v) is 24.4. The SMILES string of the molecule is CCCCC(Sc1nc2ccccc2c(=O)n1-c1ccc(F)cc1)C(=O)NCCC(c1ccccc1)c1ccccc1. The molecule has 1 heterocycles. The molecule has 1 unspecified atom stereocenters. The van der Waals surface area contributed by atoms with Crippen LogP contribution in [0.3, 0.4) is 0 Å². The lowest BCUT2D eigenvalue weighted by Gasteiger charge is -2.21. The van der Waals surface area contributed by atoms with Crippen molar-refractivity contribution in [1.82, 2.24) is 14.9 Å². The van der Waals surface area contributed by atoms with Crippen molar-refractivity contribution in [3.05, 3.63) is 136 Å². The van der Waals surface area contributed by atoms with Crippen molar-refractivity contribution in [1.29, 1.82) is 0 Å². The van der Waals surface area contributed by atoms with Crippen LogP contribution in [0.5, 0.6) is 0 Å². The van der Waals surface area contributed by atoms with Crippen LogP contribution >= 0.6 is 11.8 Å². The van der Waals surface area contributed by atoms with Gasteiger partial charge in [0.05, 0.1) is 21.8 Å². The third kappa shape index (κ3) is 6.97. The Morgan fingerprint density at radius 2 is 1.48 bits per heavy atom. The van der Waals surface area contributed by atoms with Gasteiger partial charge in [0.25, 0.3) is 5.56 Å². The van der Waals surface area contributed by atoms with Gasteiger partial charge in [-0.05, 0) is 60.4 Å². The number of benzene rings is 4. The molecular formula is C35H34FN3O2S. The van der Waals surface area contributed by atoms with E-state index in [0.717, 1.165) is 19.3 Å². The maximum atomic E-state index is 13.7. The molecule has 1 atom stereocenters. The van der Waals surface area contributed by atoms with Gasteiger partial charge in [-0.1, -0.05) is 104 Å². The first kappa shape index (κ1) is 29.3. The summed E-state index contributed by atoms with van der Waals surface area (Å²) in [6.45, 7) is 2.60. The van der Waals surface area contributed by atoms with Crippen molar-refractivity contribution in [3.63, 3.8) is 0 Å². The molecule has 1 aromatic heterocycles. The average molecular weight is 580 g/mol. The number of carbonyl (C=O) groups is 1. The number of para-hydroxylation sites is 1. The fourth-order valence-corrected chi connectivity index (χ4v) is 6.29. The number of amides is 1. The minimum absolute atomic E-state index is 0.0820. The molecule has 5 rings (SSSR count). The predicted molar refractivity (Wildman–Crippen MR) is 169 cm³/mol. The molecule has 0 fully saturated rings. The highest BCUT2D eigenvalue weighted by molar-refractivity contribution is 8.00. The molecule has 0 aliphatic rings. The van der Waals surface area contributed by atoms with E-state index < -0.39 is 5.25 Å². The second-order valence-corrected chi connectivity index (χ2v) is 11.4. The van der Waals surface area contributed by atoms with Crippen LogP contribution in [0.2, 0.25) is 0 Å². The van der Waals surface area contributed by atoms with Gasteiger partial charge in [-0.25, -0.2) is 9.37 Å². The topological polar surface area (TPSA) is 64.0 Å². The number of unbranched alkanes of at least 4 members (excludes halogenated alkanes) is 1. The summed E-state index contributed by atoms with van der Waals surface area (Å²) in [6, 6.07) is 33.6. The zero-order chi connectivity index (χ0) is 29.3. The van der Waals surface area contributed by atoms with Gasteiger partial charge in [-0.15, -0.1) is 0 Å². The standard InChI is InChI=1S/C35H34FN3O2S/c1-2-3-18-32(33(40)37-24-23-29(25-12-6-4-7-13-25)26-14-8-5-9-15-26)42-35-38-31-17-11-10-16-30(31)34(41)39(35)28-21-19-27(36)20-22-28/h4-17,19-22,29,32H,2-3,18,23-24H2,1H3,(H,37,40). The Kier molecular flexibility index (Phi) is 9.82. The van der Waals surface area contributed by atoms with Gasteiger partial charge in [0.1, 0.15) is 5.82 Å². The molecule has 0 radical (unpaired) electrons. The van der Waals surface area contributed by atoms with Crippen LogP contribution < -0.4 is 10.9 Å². The number of thioether (sulfide) groups is 1. The number of hydrogen-bond donors (Lipinski definition) is 1. The van der Waals surface area contributed by atoms with Gasteiger partial charge >= 0.3 is 0 Å². The molecule has 42 heavy (non-hydrogen) atoms. The fourth-order valence-electron chi connectivity index (χ4n) is 5.12. The number of fused-ring (bicyclic) bond motifs is 1. The molecule has 0 aliphatic carbocycles. The Hall–Kier alpha value is -4.23. The van der Waals surface area contributed by atoms with Crippen LogP contribution in [0.15, 0.2) is 119 Å². The first-order valence-electron chi connectivity index (χ1n) is 14.4. The predicted octanol–water partition coefficient (Wildman–Crippen LogP) is 7.51. The van der Waals surface area contributed by atoms with Crippen LogP contribution in [0, 0.1) is 5.82 Å². The maximum Gasteiger partial charge on any atom is 0.266 e. The maximum absolute atomic E-state index is 13.7. The number of hydrogen-bond acceptors (Lipinski definition) is 4. The average Bonchev–Trinajstić information content (AvgIpc) is 3.03. The zero-order valence-electron chi connectivity index (χ0n) is 23.6. The highest BCUT2D eigenvalue weighted by atomic mass is 32.2. The highest BCUT2D eigenvalue weighted by Gasteiger charge is 2.24. The third-order valence-electron chi connectivity index (χ3n) is 7.33. The van der Waals surface area contributed by atoms with Gasteiger partial charge in [0, 0.05) is 12.5 Å². The molecule has 5 aromatic rings. The summed E-state index contributed by atoms with van der Waals surface area (Å²) in [4.78, 5) is 32.1. The summed E-state index contributed by atoms with van der Waals surface area (Å²) in [5.41, 5.74) is 3.23. The highest BCUT2D eigenvalue weighted by Crippen LogP contribution is 2.30. The third-order valence-corrected chi connectivity index (χ3v) is 8.54. The molecule has 214 valence electrons. The molecule has 1 amide bonds. The van der Waals surface area contributed by atoms with Crippen molar-refractivity contribution in [3.8, 4) is 5.69 Å². The first-order chi connectivity index (χ1) is 20.5. The Labute approximate surface area is 249 Å². The number of rotatable bonds is 12. The van der Waals surface area contributed by atoms with E-state index in [2.05, 4.69) is 36.5 Å². The van der Waals surface area contributed by atoms with Crippen molar-refractivity contribution in [2.45, 2.75) is 48.9 Å². The number of halogens is 1. The summed E-state index contributed by atoms with van der Waals surface area (Å²) in [5, 5.41) is 3.60. The van der Waals surface area contributed by atoms with E-state index in [1.54, 1.807) is 30.3 Å². The van der Waals surface area contributed by atoms with Crippen LogP contribution in [0.25, 0.3) is 16.6 Å². The van der Waals surface area contributed by atoms with E-state index in [9.17, 15) is 14.0 Å². The lowest BCUT2D eigenvalue weighted by atomic mass is 9.88. The lowest BCUT2D eigenvalue weighted by molar-refractivity contribution is -0.120. The van der Waals surface area contributed by atoms with E-state index in [0.29, 0.717) is 34.7 Å². The molecule has 5 nitrogen and oxygen atoms in total. The number of aromatic nitrogens is 2. The van der Waals surface area contributed by atoms with E-state index in [-0.39, 0.29) is 23.2 Å². The van der Waals surface area contributed by atoms with Crippen LogP contribution in [-0.4, -0.2) is 27.3 Å². The van der Waals surface area contributed by atoms with Crippen LogP contribution in [0.1, 0.15) is 49.7 Å². The second kappa shape index (κ2) is 14.1. The van der Waals surface area contributed by atoms with Crippen LogP contribution in [-0.2, 0) is 4.79 Å². The Morgan fingerprint density at radius 1 is 0.857 bits per heavy atom. The van der Waals surface area contributed by atoms with Crippen molar-refractivity contribution >= 4 is 28.6 Å². The van der Waals surface area contributed by atoms with E-state index in [1.165, 1.54) is 39.6 Å². The molecule has 7 heteroatoms. The summed E-state index contributed by atoms with van der Waals surface area (Å²) in [7, 11) is 0. The quantitative estimate of drug-likeness (QED) is 0.123. The first-order valence-corrected chi connectivity index (χ1v) is 15.2. The number of nitrogens with zero attached hydrogens (tertiary/aromatic N) is 2. The van der Waals surface area contributed by atoms with E-state index in [1.807, 2.05) is 42.5 Å². The van der Waals surface area contributed by atoms with Gasteiger partial charge in [-0.2, -0.15) is 0 Å². The Morgan fingerprint density at radius 3 is 2.12 bits per heavy atom. The molecule has 0 spiro atoms. The van der Waals surface area contributed by atoms with E-state index in [4.69, 9.17) is 4.98 Å². The Balaban J connectivity index is 1.40. The van der Waals surface area contributed by atoms with Gasteiger partial charge in [0.15, 0.2) is 5.16 Å². The van der Waals surface area contributed by atoms with Crippen molar-refractivity contribution in [2.75, 3.05) is 6.54 Å². The normalized spacial score (nSPS) is 12.0. The van der Waals surface area contributed by atoms with E-state index >= 15 is 0 Å². The van der Waals surface area contributed by atoms with Gasteiger partial charge < -0.3 is 5.32 Å². The van der Waals surface area contributed by atoms with Gasteiger partial charge in [0.2, 0.25) is 5.91 Å². The summed E-state index contributed by atoms with van der Waals surface area (Å²) in [6.07, 6.45) is 3.18. The molecule has 1 N–H and O–H groups in total. The van der Waals surface area contributed by atoms with Gasteiger partial charge in [-0.3, -0.25) is 14.2 Å². The largest absolute Gasteiger partial charge is 0.355 e. The number of carbonyl (C=O) groups excluding carboxylic acids is 1. The molecule has 0 aliphatic heterocycles. The smallest absolute Gasteiger partial charge is 0.266 e. The lowest BCUT2D eigenvalue weighted by Crippen LogP contribution is -2.35. The monoisotopic (exact) mass is 579 g/mol.